The van der Waals surface area contributed by atoms with Gasteiger partial charge in [0.05, 0.1) is 11.1 Å². The van der Waals surface area contributed by atoms with Crippen LogP contribution < -0.4 is 0 Å². The van der Waals surface area contributed by atoms with Gasteiger partial charge in [0.1, 0.15) is 11.6 Å². The van der Waals surface area contributed by atoms with Gasteiger partial charge < -0.3 is 0 Å². The number of halogens is 13. The summed E-state index contributed by atoms with van der Waals surface area (Å²) in [5, 5.41) is 0. The second-order valence-corrected chi connectivity index (χ2v) is 5.28. The number of benzene rings is 2. The Bertz CT molecular complexity index is 675. The molecule has 2 rings (SSSR count). The summed E-state index contributed by atoms with van der Waals surface area (Å²) in [7, 11) is 0. The minimum atomic E-state index is -4.50. The predicted octanol–water partition coefficient (Wildman–Crippen LogP) is 8.22. The van der Waals surface area contributed by atoms with Crippen LogP contribution >= 0.6 is 15.9 Å². The molecular formula is C16H11BrF12. The third kappa shape index (κ3) is 14.7. The first kappa shape index (κ1) is 29.3. The van der Waals surface area contributed by atoms with Crippen molar-refractivity contribution in [3.63, 3.8) is 0 Å². The minimum absolute atomic E-state index is 0.0785. The highest BCUT2D eigenvalue weighted by atomic mass is 79.9. The first-order valence-corrected chi connectivity index (χ1v) is 7.62. The van der Waals surface area contributed by atoms with Gasteiger partial charge >= 0.3 is 12.4 Å². The molecular weight excluding hydrogens is 500 g/mol. The van der Waals surface area contributed by atoms with Crippen LogP contribution in [-0.4, -0.2) is 13.9 Å². The molecule has 0 aliphatic carbocycles. The highest BCUT2D eigenvalue weighted by molar-refractivity contribution is 9.10. The lowest BCUT2D eigenvalue weighted by Gasteiger charge is -2.06. The number of hydrogen-bond acceptors (Lipinski definition) is 0. The molecule has 0 aliphatic heterocycles. The van der Waals surface area contributed by atoms with Crippen LogP contribution in [0.25, 0.3) is 0 Å². The summed E-state index contributed by atoms with van der Waals surface area (Å²) in [6, 6.07) is 5.51. The van der Waals surface area contributed by atoms with E-state index in [4.69, 9.17) is 0 Å². The second-order valence-electron chi connectivity index (χ2n) is 4.37. The lowest BCUT2D eigenvalue weighted by molar-refractivity contribution is -0.138. The molecule has 0 heterocycles. The molecule has 0 nitrogen and oxygen atoms in total. The van der Waals surface area contributed by atoms with Gasteiger partial charge in [-0.2, -0.15) is 26.3 Å². The zero-order chi connectivity index (χ0) is 23.3. The zero-order valence-corrected chi connectivity index (χ0v) is 15.5. The van der Waals surface area contributed by atoms with E-state index in [-0.39, 0.29) is 4.47 Å². The molecule has 13 heteroatoms. The van der Waals surface area contributed by atoms with Crippen molar-refractivity contribution in [2.45, 2.75) is 12.4 Å². The molecule has 29 heavy (non-hydrogen) atoms. The van der Waals surface area contributed by atoms with E-state index in [1.807, 2.05) is 0 Å². The fourth-order valence-corrected chi connectivity index (χ4v) is 1.85. The van der Waals surface area contributed by atoms with E-state index < -0.39 is 49.0 Å². The van der Waals surface area contributed by atoms with Gasteiger partial charge in [-0.3, -0.25) is 0 Å². The van der Waals surface area contributed by atoms with Crippen LogP contribution in [0.3, 0.4) is 0 Å². The summed E-state index contributed by atoms with van der Waals surface area (Å²) in [6.07, 6.45) is -8.95. The molecule has 0 bridgehead atoms. The Balaban J connectivity index is 0. The Morgan fingerprint density at radius 1 is 0.621 bits per heavy atom. The molecule has 0 radical (unpaired) electrons. The van der Waals surface area contributed by atoms with Crippen molar-refractivity contribution in [2.75, 3.05) is 13.9 Å². The Kier molecular flexibility index (Phi) is 14.3. The van der Waals surface area contributed by atoms with Crippen LogP contribution in [-0.2, 0) is 12.4 Å². The van der Waals surface area contributed by atoms with Gasteiger partial charge in [-0.1, -0.05) is 22.0 Å². The molecule has 166 valence electrons. The van der Waals surface area contributed by atoms with Crippen LogP contribution in [0.2, 0.25) is 0 Å². The molecule has 2 aromatic rings. The van der Waals surface area contributed by atoms with Gasteiger partial charge in [0.15, 0.2) is 0 Å². The van der Waals surface area contributed by atoms with Crippen molar-refractivity contribution >= 4 is 15.9 Å². The van der Waals surface area contributed by atoms with Crippen molar-refractivity contribution in [2.24, 2.45) is 0 Å². The van der Waals surface area contributed by atoms with Gasteiger partial charge in [0.25, 0.3) is 0 Å². The van der Waals surface area contributed by atoms with E-state index >= 15 is 0 Å². The summed E-state index contributed by atoms with van der Waals surface area (Å²) in [4.78, 5) is 0. The van der Waals surface area contributed by atoms with Crippen LogP contribution in [0.1, 0.15) is 11.1 Å². The monoisotopic (exact) mass is 510 g/mol. The Morgan fingerprint density at radius 2 is 1.03 bits per heavy atom. The predicted molar refractivity (Wildman–Crippen MR) is 84.7 cm³/mol. The molecule has 0 N–H and O–H groups in total. The van der Waals surface area contributed by atoms with Gasteiger partial charge in [-0.15, -0.1) is 0 Å². The summed E-state index contributed by atoms with van der Waals surface area (Å²) < 4.78 is 134. The Labute approximate surface area is 165 Å². The minimum Gasteiger partial charge on any atom is -0.214 e. The smallest absolute Gasteiger partial charge is 0.214 e. The second kappa shape index (κ2) is 14.1. The normalized spacial score (nSPS) is 10.5. The maximum absolute atomic E-state index is 12.4. The van der Waals surface area contributed by atoms with Crippen LogP contribution in [0.15, 0.2) is 46.9 Å². The number of alkyl halides is 10. The Hall–Kier alpha value is -1.92. The lowest BCUT2D eigenvalue weighted by Crippen LogP contribution is -2.05. The molecule has 0 aliphatic rings. The molecule has 0 fully saturated rings. The standard InChI is InChI=1S/C7H3BrF4.C7H4F4.2CH2F2/c8-5-1-4(7(10,11)12)2-6(9)3-5;8-6-3-1-2-5(4-6)7(9,10)11;2*2-1-3/h1-3H;1-4H;2*1H2. The van der Waals surface area contributed by atoms with Gasteiger partial charge in [-0.05, 0) is 36.4 Å². The highest BCUT2D eigenvalue weighted by Crippen LogP contribution is 2.31. The summed E-state index contributed by atoms with van der Waals surface area (Å²) in [6.45, 7) is -3.50. The average molecular weight is 511 g/mol. The van der Waals surface area contributed by atoms with Crippen molar-refractivity contribution in [3.8, 4) is 0 Å². The van der Waals surface area contributed by atoms with E-state index in [2.05, 4.69) is 15.9 Å². The molecule has 2 aromatic carbocycles. The lowest BCUT2D eigenvalue weighted by atomic mass is 10.2. The number of hydrogen-bond donors (Lipinski definition) is 0. The van der Waals surface area contributed by atoms with Gasteiger partial charge in [-0.25, -0.2) is 26.3 Å². The summed E-state index contributed by atoms with van der Waals surface area (Å²) >= 11 is 2.77. The van der Waals surface area contributed by atoms with Crippen LogP contribution in [0, 0.1) is 11.6 Å². The molecule has 0 saturated heterocycles. The maximum Gasteiger partial charge on any atom is 0.416 e. The first-order chi connectivity index (χ1) is 13.2. The largest absolute Gasteiger partial charge is 0.416 e. The topological polar surface area (TPSA) is 0 Å². The van der Waals surface area contributed by atoms with Crippen molar-refractivity contribution in [1.82, 2.24) is 0 Å². The quantitative estimate of drug-likeness (QED) is 0.313. The van der Waals surface area contributed by atoms with E-state index in [1.165, 1.54) is 0 Å². The third-order valence-electron chi connectivity index (χ3n) is 2.34. The fourth-order valence-electron chi connectivity index (χ4n) is 1.38. The highest BCUT2D eigenvalue weighted by Gasteiger charge is 2.31. The molecule has 0 unspecified atom stereocenters. The average Bonchev–Trinajstić information content (AvgIpc) is 2.54. The molecule has 0 atom stereocenters. The molecule has 0 saturated carbocycles. The van der Waals surface area contributed by atoms with E-state index in [9.17, 15) is 52.7 Å². The zero-order valence-electron chi connectivity index (χ0n) is 13.9. The third-order valence-corrected chi connectivity index (χ3v) is 2.80. The molecule has 0 aromatic heterocycles. The first-order valence-electron chi connectivity index (χ1n) is 6.82. The van der Waals surface area contributed by atoms with Gasteiger partial charge in [0, 0.05) is 4.47 Å². The van der Waals surface area contributed by atoms with E-state index in [0.717, 1.165) is 30.3 Å². The van der Waals surface area contributed by atoms with Crippen LogP contribution in [0.5, 0.6) is 0 Å². The maximum atomic E-state index is 12.4. The SMILES string of the molecule is FCF.FCF.Fc1cc(Br)cc(C(F)(F)F)c1.Fc1cccc(C(F)(F)F)c1. The van der Waals surface area contributed by atoms with E-state index in [0.29, 0.717) is 12.1 Å². The van der Waals surface area contributed by atoms with Crippen molar-refractivity contribution in [1.29, 1.82) is 0 Å². The summed E-state index contributed by atoms with van der Waals surface area (Å²) in [5.74, 6) is -1.78. The Morgan fingerprint density at radius 3 is 1.34 bits per heavy atom. The molecule has 0 spiro atoms. The number of rotatable bonds is 0. The van der Waals surface area contributed by atoms with Gasteiger partial charge in [0.2, 0.25) is 13.9 Å². The summed E-state index contributed by atoms with van der Waals surface area (Å²) in [5.41, 5.74) is -1.95. The van der Waals surface area contributed by atoms with E-state index in [1.54, 1.807) is 0 Å². The fraction of sp³-hybridized carbons (Fsp3) is 0.250. The molecule has 0 amide bonds. The van der Waals surface area contributed by atoms with Crippen molar-refractivity contribution in [3.05, 3.63) is 69.7 Å². The van der Waals surface area contributed by atoms with Crippen molar-refractivity contribution < 1.29 is 52.7 Å². The van der Waals surface area contributed by atoms with Crippen LogP contribution in [0.4, 0.5) is 52.7 Å².